The number of amides is 1. The number of halogens is 1. The predicted molar refractivity (Wildman–Crippen MR) is 72.8 cm³/mol. The number of alkyl halides is 1. The SMILES string of the molecule is CN1CCN(P2(=O)OCCCN2NC(=O)CCl)CC1. The fourth-order valence-corrected chi connectivity index (χ4v) is 4.52. The van der Waals surface area contributed by atoms with Crippen molar-refractivity contribution >= 4 is 25.2 Å². The Hall–Kier alpha value is -0.170. The van der Waals surface area contributed by atoms with Gasteiger partial charge in [0.15, 0.2) is 0 Å². The summed E-state index contributed by atoms with van der Waals surface area (Å²) < 4.78 is 21.8. The first-order chi connectivity index (χ1) is 9.06. The van der Waals surface area contributed by atoms with E-state index in [0.717, 1.165) is 19.5 Å². The van der Waals surface area contributed by atoms with Gasteiger partial charge >= 0.3 is 7.67 Å². The number of piperazine rings is 1. The van der Waals surface area contributed by atoms with E-state index in [1.807, 2.05) is 11.7 Å². The van der Waals surface area contributed by atoms with E-state index < -0.39 is 7.67 Å². The molecule has 0 spiro atoms. The van der Waals surface area contributed by atoms with E-state index in [0.29, 0.717) is 26.2 Å². The summed E-state index contributed by atoms with van der Waals surface area (Å²) in [5.74, 6) is -0.513. The zero-order valence-electron chi connectivity index (χ0n) is 11.0. The number of hydrazine groups is 1. The highest BCUT2D eigenvalue weighted by molar-refractivity contribution is 7.54. The van der Waals surface area contributed by atoms with E-state index in [-0.39, 0.29) is 11.8 Å². The van der Waals surface area contributed by atoms with E-state index in [1.165, 1.54) is 4.78 Å². The van der Waals surface area contributed by atoms with Gasteiger partial charge < -0.3 is 9.42 Å². The van der Waals surface area contributed by atoms with E-state index in [1.54, 1.807) is 0 Å². The molecule has 0 aliphatic carbocycles. The molecule has 2 aliphatic heterocycles. The number of hydrogen-bond donors (Lipinski definition) is 1. The van der Waals surface area contributed by atoms with Gasteiger partial charge in [0.1, 0.15) is 5.88 Å². The first-order valence-electron chi connectivity index (χ1n) is 6.38. The van der Waals surface area contributed by atoms with E-state index >= 15 is 0 Å². The average Bonchev–Trinajstić information content (AvgIpc) is 2.42. The Morgan fingerprint density at radius 3 is 2.63 bits per heavy atom. The Balaban J connectivity index is 2.08. The van der Waals surface area contributed by atoms with Gasteiger partial charge in [-0.3, -0.25) is 14.8 Å². The second-order valence-electron chi connectivity index (χ2n) is 4.73. The van der Waals surface area contributed by atoms with Gasteiger partial charge in [0, 0.05) is 32.7 Å². The summed E-state index contributed by atoms with van der Waals surface area (Å²) in [7, 11) is -1.11. The minimum Gasteiger partial charge on any atom is -0.305 e. The molecule has 110 valence electrons. The average molecular weight is 311 g/mol. The number of hydrogen-bond acceptors (Lipinski definition) is 4. The topological polar surface area (TPSA) is 65.1 Å². The molecule has 0 saturated carbocycles. The Morgan fingerprint density at radius 2 is 2.00 bits per heavy atom. The van der Waals surface area contributed by atoms with Crippen LogP contribution in [0.4, 0.5) is 0 Å². The number of likely N-dealkylation sites (N-methyl/N-ethyl adjacent to an activating group) is 1. The van der Waals surface area contributed by atoms with Crippen molar-refractivity contribution in [2.24, 2.45) is 0 Å². The minimum atomic E-state index is -3.14. The van der Waals surface area contributed by atoms with Crippen molar-refractivity contribution in [3.63, 3.8) is 0 Å². The molecule has 0 aromatic heterocycles. The third-order valence-corrected chi connectivity index (χ3v) is 6.08. The summed E-state index contributed by atoms with van der Waals surface area (Å²) >= 11 is 5.48. The third-order valence-electron chi connectivity index (χ3n) is 3.29. The quantitative estimate of drug-likeness (QED) is 0.599. The summed E-state index contributed by atoms with van der Waals surface area (Å²) in [4.78, 5) is 13.6. The van der Waals surface area contributed by atoms with Crippen LogP contribution in [0, 0.1) is 0 Å². The maximum Gasteiger partial charge on any atom is 0.363 e. The van der Waals surface area contributed by atoms with Gasteiger partial charge in [-0.1, -0.05) is 0 Å². The maximum absolute atomic E-state index is 13.0. The van der Waals surface area contributed by atoms with Crippen LogP contribution in [0.5, 0.6) is 0 Å². The number of nitrogens with one attached hydrogen (secondary N) is 1. The van der Waals surface area contributed by atoms with Crippen molar-refractivity contribution in [3.8, 4) is 0 Å². The molecule has 2 aliphatic rings. The molecule has 1 unspecified atom stereocenters. The largest absolute Gasteiger partial charge is 0.363 e. The standard InChI is InChI=1S/C10H20ClN4O3P/c1-13-4-6-14(7-5-13)19(17)15(3-2-8-18-19)12-10(16)9-11/h2-9H2,1H3,(H,12,16). The second-order valence-corrected chi connectivity index (χ2v) is 7.28. The molecule has 0 aromatic carbocycles. The smallest absolute Gasteiger partial charge is 0.305 e. The van der Waals surface area contributed by atoms with E-state index in [4.69, 9.17) is 16.1 Å². The van der Waals surface area contributed by atoms with Crippen LogP contribution in [0.1, 0.15) is 6.42 Å². The molecule has 0 aromatic rings. The van der Waals surface area contributed by atoms with Crippen LogP contribution in [-0.4, -0.2) is 72.5 Å². The van der Waals surface area contributed by atoms with Crippen LogP contribution < -0.4 is 5.43 Å². The monoisotopic (exact) mass is 310 g/mol. The Kier molecular flexibility index (Phi) is 5.22. The molecule has 2 fully saturated rings. The fourth-order valence-electron chi connectivity index (χ4n) is 2.17. The Labute approximate surface area is 118 Å². The fraction of sp³-hybridized carbons (Fsp3) is 0.900. The highest BCUT2D eigenvalue weighted by Crippen LogP contribution is 2.55. The summed E-state index contributed by atoms with van der Waals surface area (Å²) in [5.41, 5.74) is 2.59. The molecular formula is C10H20ClN4O3P. The number of rotatable bonds is 3. The molecule has 1 N–H and O–H groups in total. The molecule has 7 nitrogen and oxygen atoms in total. The van der Waals surface area contributed by atoms with Gasteiger partial charge in [-0.15, -0.1) is 16.4 Å². The zero-order chi connectivity index (χ0) is 13.9. The second kappa shape index (κ2) is 6.52. The molecule has 2 heterocycles. The summed E-state index contributed by atoms with van der Waals surface area (Å²) in [6.07, 6.45) is 0.736. The van der Waals surface area contributed by atoms with Gasteiger partial charge in [-0.05, 0) is 13.5 Å². The van der Waals surface area contributed by atoms with Crippen LogP contribution in [-0.2, 0) is 13.9 Å². The third kappa shape index (κ3) is 3.48. The molecule has 2 saturated heterocycles. The van der Waals surface area contributed by atoms with Crippen molar-refractivity contribution in [2.45, 2.75) is 6.42 Å². The Bertz CT molecular complexity index is 376. The minimum absolute atomic E-state index is 0.154. The number of nitrogens with zero attached hydrogens (tertiary/aromatic N) is 3. The van der Waals surface area contributed by atoms with Gasteiger partial charge in [-0.25, -0.2) is 4.67 Å². The molecule has 19 heavy (non-hydrogen) atoms. The Morgan fingerprint density at radius 1 is 1.32 bits per heavy atom. The van der Waals surface area contributed by atoms with E-state index in [2.05, 4.69) is 10.3 Å². The van der Waals surface area contributed by atoms with Crippen molar-refractivity contribution in [2.75, 3.05) is 52.3 Å². The predicted octanol–water partition coefficient (Wildman–Crippen LogP) is 0.334. The van der Waals surface area contributed by atoms with Gasteiger partial charge in [0.25, 0.3) is 0 Å². The van der Waals surface area contributed by atoms with Gasteiger partial charge in [-0.2, -0.15) is 0 Å². The highest BCUT2D eigenvalue weighted by Gasteiger charge is 2.42. The lowest BCUT2D eigenvalue weighted by atomic mass is 10.4. The summed E-state index contributed by atoms with van der Waals surface area (Å²) in [6, 6.07) is 0. The van der Waals surface area contributed by atoms with Crippen LogP contribution >= 0.6 is 19.3 Å². The normalized spacial score (nSPS) is 31.3. The van der Waals surface area contributed by atoms with Gasteiger partial charge in [0.05, 0.1) is 6.61 Å². The van der Waals surface area contributed by atoms with Crippen LogP contribution in [0.15, 0.2) is 0 Å². The van der Waals surface area contributed by atoms with Crippen molar-refractivity contribution in [3.05, 3.63) is 0 Å². The molecule has 1 atom stereocenters. The molecule has 0 bridgehead atoms. The van der Waals surface area contributed by atoms with Crippen molar-refractivity contribution in [1.82, 2.24) is 19.8 Å². The molecule has 2 rings (SSSR count). The molecular weight excluding hydrogens is 291 g/mol. The highest BCUT2D eigenvalue weighted by atomic mass is 35.5. The lowest BCUT2D eigenvalue weighted by Gasteiger charge is -2.43. The van der Waals surface area contributed by atoms with Gasteiger partial charge in [0.2, 0.25) is 5.91 Å². The van der Waals surface area contributed by atoms with Crippen LogP contribution in [0.3, 0.4) is 0 Å². The van der Waals surface area contributed by atoms with Crippen molar-refractivity contribution < 1.29 is 13.9 Å². The molecule has 9 heteroatoms. The number of carbonyl (C=O) groups excluding carboxylic acids is 1. The summed E-state index contributed by atoms with van der Waals surface area (Å²) in [5, 5.41) is 0. The maximum atomic E-state index is 13.0. The number of carbonyl (C=O) groups is 1. The van der Waals surface area contributed by atoms with Crippen molar-refractivity contribution in [1.29, 1.82) is 0 Å². The molecule has 0 radical (unpaired) electrons. The van der Waals surface area contributed by atoms with Crippen LogP contribution in [0.2, 0.25) is 0 Å². The zero-order valence-corrected chi connectivity index (χ0v) is 12.7. The first kappa shape index (κ1) is 15.2. The lowest BCUT2D eigenvalue weighted by molar-refractivity contribution is -0.122. The molecule has 1 amide bonds. The van der Waals surface area contributed by atoms with Crippen LogP contribution in [0.25, 0.3) is 0 Å². The van der Waals surface area contributed by atoms with E-state index in [9.17, 15) is 9.36 Å². The lowest BCUT2D eigenvalue weighted by Crippen LogP contribution is -2.51. The summed E-state index contributed by atoms with van der Waals surface area (Å²) in [6.45, 7) is 3.99. The first-order valence-corrected chi connectivity index (χ1v) is 8.45.